The number of halogens is 4. The van der Waals surface area contributed by atoms with E-state index in [1.807, 2.05) is 0 Å². The Bertz CT molecular complexity index is 517. The zero-order valence-electron chi connectivity index (χ0n) is 10.3. The summed E-state index contributed by atoms with van der Waals surface area (Å²) in [6.45, 7) is 3.16. The molecule has 7 heteroatoms. The smallest absolute Gasteiger partial charge is 0.309 e. The predicted molar refractivity (Wildman–Crippen MR) is 79.4 cm³/mol. The van der Waals surface area contributed by atoms with Gasteiger partial charge < -0.3 is 10.8 Å². The zero-order valence-corrected chi connectivity index (χ0v) is 13.3. The molecular weight excluding hydrogens is 332 g/mol. The first-order valence-corrected chi connectivity index (χ1v) is 6.91. The van der Waals surface area contributed by atoms with Crippen LogP contribution < -0.4 is 5.73 Å². The summed E-state index contributed by atoms with van der Waals surface area (Å²) >= 11 is 23.9. The molecule has 1 atom stereocenters. The van der Waals surface area contributed by atoms with Gasteiger partial charge in [0.05, 0.1) is 20.5 Å². The Morgan fingerprint density at radius 3 is 2.26 bits per heavy atom. The van der Waals surface area contributed by atoms with Crippen LogP contribution in [0.25, 0.3) is 0 Å². The van der Waals surface area contributed by atoms with Crippen molar-refractivity contribution in [3.05, 3.63) is 31.7 Å². The lowest BCUT2D eigenvalue weighted by molar-refractivity contribution is -0.147. The molecule has 0 spiro atoms. The van der Waals surface area contributed by atoms with Crippen LogP contribution in [0.2, 0.25) is 20.1 Å². The highest BCUT2D eigenvalue weighted by molar-refractivity contribution is 6.49. The van der Waals surface area contributed by atoms with Crippen molar-refractivity contribution in [3.8, 4) is 0 Å². The molecule has 0 bridgehead atoms. The molecule has 0 fully saturated rings. The second-order valence-corrected chi connectivity index (χ2v) is 6.45. The minimum absolute atomic E-state index is 0.159. The molecule has 1 rings (SSSR count). The number of hydrogen-bond donors (Lipinski definition) is 2. The van der Waals surface area contributed by atoms with E-state index in [2.05, 4.69) is 0 Å². The molecular formula is C12H13Cl4NO2. The maximum atomic E-state index is 11.1. The number of hydrogen-bond acceptors (Lipinski definition) is 2. The summed E-state index contributed by atoms with van der Waals surface area (Å²) in [7, 11) is 0. The van der Waals surface area contributed by atoms with Gasteiger partial charge in [0.25, 0.3) is 0 Å². The Labute approximate surface area is 131 Å². The molecule has 1 unspecified atom stereocenters. The highest BCUT2D eigenvalue weighted by Crippen LogP contribution is 2.42. The second-order valence-electron chi connectivity index (χ2n) is 4.88. The van der Waals surface area contributed by atoms with Crippen molar-refractivity contribution in [3.63, 3.8) is 0 Å². The Balaban J connectivity index is 3.18. The molecule has 1 aromatic rings. The first kappa shape index (κ1) is 16.9. The maximum absolute atomic E-state index is 11.1. The van der Waals surface area contributed by atoms with Crippen molar-refractivity contribution in [1.82, 2.24) is 0 Å². The van der Waals surface area contributed by atoms with Gasteiger partial charge in [-0.2, -0.15) is 0 Å². The van der Waals surface area contributed by atoms with Gasteiger partial charge in [-0.15, -0.1) is 0 Å². The summed E-state index contributed by atoms with van der Waals surface area (Å²) in [5.74, 6) is -0.949. The van der Waals surface area contributed by atoms with Gasteiger partial charge in [-0.1, -0.05) is 46.4 Å². The lowest BCUT2D eigenvalue weighted by Crippen LogP contribution is -2.29. The topological polar surface area (TPSA) is 63.3 Å². The number of carbonyl (C=O) groups is 1. The van der Waals surface area contributed by atoms with Gasteiger partial charge in [-0.25, -0.2) is 0 Å². The van der Waals surface area contributed by atoms with E-state index in [1.165, 1.54) is 6.07 Å². The summed E-state index contributed by atoms with van der Waals surface area (Å²) in [5, 5.41) is 9.92. The fraction of sp³-hybridized carbons (Fsp3) is 0.417. The highest BCUT2D eigenvalue weighted by atomic mass is 35.5. The number of nitrogens with two attached hydrogens (primary N) is 1. The van der Waals surface area contributed by atoms with Crippen LogP contribution in [0.3, 0.4) is 0 Å². The SMILES string of the molecule is CC(C)(CC(N)c1c(Cl)cc(Cl)c(Cl)c1Cl)C(=O)O. The van der Waals surface area contributed by atoms with Gasteiger partial charge >= 0.3 is 5.97 Å². The van der Waals surface area contributed by atoms with E-state index in [1.54, 1.807) is 13.8 Å². The van der Waals surface area contributed by atoms with Crippen molar-refractivity contribution in [1.29, 1.82) is 0 Å². The van der Waals surface area contributed by atoms with Gasteiger partial charge in [0.1, 0.15) is 0 Å². The van der Waals surface area contributed by atoms with E-state index in [4.69, 9.17) is 57.2 Å². The molecule has 0 saturated heterocycles. The van der Waals surface area contributed by atoms with Gasteiger partial charge in [0.2, 0.25) is 0 Å². The zero-order chi connectivity index (χ0) is 15.0. The number of carboxylic acids is 1. The summed E-state index contributed by atoms with van der Waals surface area (Å²) in [5.41, 5.74) is 5.41. The van der Waals surface area contributed by atoms with Crippen molar-refractivity contribution >= 4 is 52.4 Å². The van der Waals surface area contributed by atoms with Gasteiger partial charge in [0, 0.05) is 16.6 Å². The number of benzene rings is 1. The average Bonchev–Trinajstić information content (AvgIpc) is 2.25. The van der Waals surface area contributed by atoms with Crippen molar-refractivity contribution in [2.75, 3.05) is 0 Å². The van der Waals surface area contributed by atoms with E-state index in [-0.39, 0.29) is 26.5 Å². The number of aliphatic carboxylic acids is 1. The lowest BCUT2D eigenvalue weighted by Gasteiger charge is -2.25. The minimum atomic E-state index is -1.00. The van der Waals surface area contributed by atoms with Crippen LogP contribution in [0.15, 0.2) is 6.07 Å². The summed E-state index contributed by atoms with van der Waals surface area (Å²) < 4.78 is 0. The molecule has 0 aliphatic rings. The lowest BCUT2D eigenvalue weighted by atomic mass is 9.84. The van der Waals surface area contributed by atoms with Gasteiger partial charge in [-0.05, 0) is 26.3 Å². The largest absolute Gasteiger partial charge is 0.481 e. The molecule has 0 aliphatic carbocycles. The first-order valence-electron chi connectivity index (χ1n) is 5.39. The third-order valence-corrected chi connectivity index (χ3v) is 4.42. The first-order chi connectivity index (χ1) is 8.58. The van der Waals surface area contributed by atoms with Crippen LogP contribution in [-0.4, -0.2) is 11.1 Å². The Kier molecular flexibility index (Phi) is 5.38. The monoisotopic (exact) mass is 343 g/mol. The number of rotatable bonds is 4. The second kappa shape index (κ2) is 6.06. The van der Waals surface area contributed by atoms with Crippen molar-refractivity contribution in [2.45, 2.75) is 26.3 Å². The van der Waals surface area contributed by atoms with Gasteiger partial charge in [0.15, 0.2) is 0 Å². The third-order valence-electron chi connectivity index (χ3n) is 2.83. The normalized spacial score (nSPS) is 13.4. The van der Waals surface area contributed by atoms with Crippen LogP contribution >= 0.6 is 46.4 Å². The maximum Gasteiger partial charge on any atom is 0.309 e. The quantitative estimate of drug-likeness (QED) is 0.609. The molecule has 3 N–H and O–H groups in total. The summed E-state index contributed by atoms with van der Waals surface area (Å²) in [4.78, 5) is 11.1. The third kappa shape index (κ3) is 3.67. The average molecular weight is 345 g/mol. The summed E-state index contributed by atoms with van der Waals surface area (Å²) in [6.07, 6.45) is 0.166. The van der Waals surface area contributed by atoms with E-state index >= 15 is 0 Å². The molecule has 0 radical (unpaired) electrons. The Hall–Kier alpha value is -0.190. The standard InChI is InChI=1S/C12H13Cl4NO2/c1-12(2,11(18)19)4-7(17)8-5(13)3-6(14)9(15)10(8)16/h3,7H,4,17H2,1-2H3,(H,18,19). The molecule has 0 amide bonds. The minimum Gasteiger partial charge on any atom is -0.481 e. The molecule has 3 nitrogen and oxygen atoms in total. The fourth-order valence-electron chi connectivity index (χ4n) is 1.66. The van der Waals surface area contributed by atoms with Gasteiger partial charge in [-0.3, -0.25) is 4.79 Å². The predicted octanol–water partition coefficient (Wildman–Crippen LogP) is 4.80. The van der Waals surface area contributed by atoms with Crippen LogP contribution in [0, 0.1) is 5.41 Å². The fourth-order valence-corrected chi connectivity index (χ4v) is 2.86. The molecule has 106 valence electrons. The highest BCUT2D eigenvalue weighted by Gasteiger charge is 2.32. The Morgan fingerprint density at radius 2 is 1.79 bits per heavy atom. The molecule has 0 aliphatic heterocycles. The van der Waals surface area contributed by atoms with Crippen LogP contribution in [0.1, 0.15) is 31.9 Å². The van der Waals surface area contributed by atoms with Crippen molar-refractivity contribution < 1.29 is 9.90 Å². The van der Waals surface area contributed by atoms with E-state index in [9.17, 15) is 4.79 Å². The number of carboxylic acid groups (broad SMARTS) is 1. The van der Waals surface area contributed by atoms with Crippen molar-refractivity contribution in [2.24, 2.45) is 11.1 Å². The van der Waals surface area contributed by atoms with Crippen LogP contribution in [-0.2, 0) is 4.79 Å². The summed E-state index contributed by atoms with van der Waals surface area (Å²) in [6, 6.07) is 0.793. The molecule has 19 heavy (non-hydrogen) atoms. The van der Waals surface area contributed by atoms with E-state index < -0.39 is 17.4 Å². The Morgan fingerprint density at radius 1 is 1.26 bits per heavy atom. The molecule has 1 aromatic carbocycles. The molecule has 0 aromatic heterocycles. The van der Waals surface area contributed by atoms with Crippen LogP contribution in [0.5, 0.6) is 0 Å². The molecule has 0 saturated carbocycles. The van der Waals surface area contributed by atoms with E-state index in [0.717, 1.165) is 0 Å². The van der Waals surface area contributed by atoms with Crippen LogP contribution in [0.4, 0.5) is 0 Å². The molecule has 0 heterocycles. The van der Waals surface area contributed by atoms with E-state index in [0.29, 0.717) is 5.56 Å².